The number of carboxylic acid groups (broad SMARTS) is 1. The number of allylic oxidation sites excluding steroid dienone is 2. The molecule has 0 radical (unpaired) electrons. The van der Waals surface area contributed by atoms with Crippen LogP contribution in [0, 0.1) is 30.6 Å². The Hall–Kier alpha value is -2.15. The molecule has 2 bridgehead atoms. The Labute approximate surface area is 174 Å². The van der Waals surface area contributed by atoms with E-state index in [0.29, 0.717) is 23.4 Å². The summed E-state index contributed by atoms with van der Waals surface area (Å²) in [6.45, 7) is 3.97. The highest BCUT2D eigenvalue weighted by atomic mass is 32.1. The zero-order chi connectivity index (χ0) is 20.7. The van der Waals surface area contributed by atoms with Gasteiger partial charge in [0.15, 0.2) is 0 Å². The van der Waals surface area contributed by atoms with Crippen molar-refractivity contribution in [2.75, 3.05) is 5.32 Å². The highest BCUT2D eigenvalue weighted by molar-refractivity contribution is 7.16. The van der Waals surface area contributed by atoms with E-state index in [9.17, 15) is 19.5 Å². The van der Waals surface area contributed by atoms with E-state index in [1.54, 1.807) is 0 Å². The summed E-state index contributed by atoms with van der Waals surface area (Å²) in [7, 11) is 0. The minimum atomic E-state index is -0.919. The monoisotopic (exact) mass is 416 g/mol. The minimum absolute atomic E-state index is 0.0384. The van der Waals surface area contributed by atoms with Gasteiger partial charge in [-0.1, -0.05) is 31.9 Å². The third-order valence-electron chi connectivity index (χ3n) is 6.76. The van der Waals surface area contributed by atoms with E-state index in [-0.39, 0.29) is 29.7 Å². The molecule has 4 atom stereocenters. The van der Waals surface area contributed by atoms with E-state index in [2.05, 4.69) is 10.6 Å². The molecule has 156 valence electrons. The summed E-state index contributed by atoms with van der Waals surface area (Å²) < 4.78 is 0. The van der Waals surface area contributed by atoms with Gasteiger partial charge in [-0.05, 0) is 50.0 Å². The van der Waals surface area contributed by atoms with Crippen molar-refractivity contribution in [3.05, 3.63) is 28.2 Å². The maximum atomic E-state index is 13.1. The van der Waals surface area contributed by atoms with Gasteiger partial charge >= 0.3 is 5.97 Å². The standard InChI is InChI=1S/C22H28N2O4S/c1-3-15-11(2)29-21(18(15)20(26)23-14-6-4-5-7-14)24-19(25)16-12-8-9-13(10-12)17(16)22(27)28/h8-9,12-14,16-17H,3-7,10H2,1-2H3,(H,23,26)(H,24,25)(H,27,28)/t12-,13-,16+,17-/m0/s1. The van der Waals surface area contributed by atoms with Gasteiger partial charge in [0.1, 0.15) is 5.00 Å². The van der Waals surface area contributed by atoms with Crippen molar-refractivity contribution in [2.45, 2.75) is 58.4 Å². The Morgan fingerprint density at radius 2 is 1.79 bits per heavy atom. The van der Waals surface area contributed by atoms with Crippen molar-refractivity contribution in [2.24, 2.45) is 23.7 Å². The van der Waals surface area contributed by atoms with E-state index in [1.165, 1.54) is 11.3 Å². The van der Waals surface area contributed by atoms with E-state index in [4.69, 9.17) is 0 Å². The fourth-order valence-electron chi connectivity index (χ4n) is 5.37. The molecule has 0 aliphatic heterocycles. The molecule has 1 heterocycles. The summed E-state index contributed by atoms with van der Waals surface area (Å²) >= 11 is 1.41. The van der Waals surface area contributed by atoms with Crippen LogP contribution in [-0.2, 0) is 16.0 Å². The number of rotatable bonds is 6. The summed E-state index contributed by atoms with van der Waals surface area (Å²) in [5, 5.41) is 16.3. The van der Waals surface area contributed by atoms with E-state index >= 15 is 0 Å². The average molecular weight is 417 g/mol. The first kappa shape index (κ1) is 20.1. The number of anilines is 1. The van der Waals surface area contributed by atoms with Crippen molar-refractivity contribution in [3.8, 4) is 0 Å². The van der Waals surface area contributed by atoms with Gasteiger partial charge in [-0.2, -0.15) is 0 Å². The fraction of sp³-hybridized carbons (Fsp3) is 0.591. The lowest BCUT2D eigenvalue weighted by atomic mass is 9.82. The quantitative estimate of drug-likeness (QED) is 0.616. The van der Waals surface area contributed by atoms with Gasteiger partial charge in [0.2, 0.25) is 5.91 Å². The van der Waals surface area contributed by atoms with E-state index in [1.807, 2.05) is 26.0 Å². The summed E-state index contributed by atoms with van der Waals surface area (Å²) in [6, 6.07) is 0.197. The molecule has 1 aromatic rings. The molecular weight excluding hydrogens is 388 g/mol. The SMILES string of the molecule is CCc1c(C)sc(NC(=O)[C@H]2[C@@H](C(=O)O)[C@H]3C=C[C@H]2C3)c1C(=O)NC1CCCC1. The number of hydrogen-bond donors (Lipinski definition) is 3. The molecule has 0 aromatic carbocycles. The van der Waals surface area contributed by atoms with Crippen molar-refractivity contribution in [1.82, 2.24) is 5.32 Å². The van der Waals surface area contributed by atoms with Gasteiger partial charge in [0.05, 0.1) is 17.4 Å². The normalized spacial score (nSPS) is 28.1. The number of aryl methyl sites for hydroxylation is 1. The predicted molar refractivity (Wildman–Crippen MR) is 112 cm³/mol. The fourth-order valence-corrected chi connectivity index (χ4v) is 6.52. The lowest BCUT2D eigenvalue weighted by Crippen LogP contribution is -2.37. The molecule has 2 fully saturated rings. The van der Waals surface area contributed by atoms with Crippen molar-refractivity contribution in [3.63, 3.8) is 0 Å². The Morgan fingerprint density at radius 3 is 2.41 bits per heavy atom. The second-order valence-electron chi connectivity index (χ2n) is 8.48. The second-order valence-corrected chi connectivity index (χ2v) is 9.70. The highest BCUT2D eigenvalue weighted by Gasteiger charge is 2.51. The molecule has 4 rings (SSSR count). The van der Waals surface area contributed by atoms with Gasteiger partial charge < -0.3 is 15.7 Å². The first-order chi connectivity index (χ1) is 13.9. The first-order valence-electron chi connectivity index (χ1n) is 10.6. The van der Waals surface area contributed by atoms with Crippen LogP contribution in [-0.4, -0.2) is 28.9 Å². The third kappa shape index (κ3) is 3.61. The van der Waals surface area contributed by atoms with Crippen molar-refractivity contribution < 1.29 is 19.5 Å². The van der Waals surface area contributed by atoms with Gasteiger partial charge in [-0.15, -0.1) is 11.3 Å². The number of fused-ring (bicyclic) bond motifs is 2. The van der Waals surface area contributed by atoms with Crippen LogP contribution in [0.1, 0.15) is 59.8 Å². The van der Waals surface area contributed by atoms with E-state index in [0.717, 1.165) is 36.1 Å². The van der Waals surface area contributed by atoms with Crippen molar-refractivity contribution in [1.29, 1.82) is 0 Å². The molecule has 0 saturated heterocycles. The summed E-state index contributed by atoms with van der Waals surface area (Å²) in [6.07, 6.45) is 9.58. The predicted octanol–water partition coefficient (Wildman–Crippen LogP) is 3.75. The van der Waals surface area contributed by atoms with E-state index < -0.39 is 17.8 Å². The van der Waals surface area contributed by atoms with Gasteiger partial charge in [0, 0.05) is 10.9 Å². The van der Waals surface area contributed by atoms with Crippen LogP contribution >= 0.6 is 11.3 Å². The summed E-state index contributed by atoms with van der Waals surface area (Å²) in [4.78, 5) is 38.9. The number of carbonyl (C=O) groups excluding carboxylic acids is 2. The Balaban J connectivity index is 1.58. The Kier molecular flexibility index (Phi) is 5.51. The van der Waals surface area contributed by atoms with Crippen molar-refractivity contribution >= 4 is 34.1 Å². The maximum absolute atomic E-state index is 13.1. The molecule has 3 aliphatic rings. The van der Waals surface area contributed by atoms with Crippen LogP contribution in [0.25, 0.3) is 0 Å². The van der Waals surface area contributed by atoms with Gasteiger partial charge in [-0.25, -0.2) is 0 Å². The number of amides is 2. The smallest absolute Gasteiger partial charge is 0.307 e. The number of carbonyl (C=O) groups is 3. The number of carboxylic acids is 1. The third-order valence-corrected chi connectivity index (χ3v) is 7.83. The van der Waals surface area contributed by atoms with Crippen LogP contribution < -0.4 is 10.6 Å². The number of hydrogen-bond acceptors (Lipinski definition) is 4. The number of thiophene rings is 1. The lowest BCUT2D eigenvalue weighted by Gasteiger charge is -2.24. The average Bonchev–Trinajstić information content (AvgIpc) is 3.44. The molecule has 1 aromatic heterocycles. The maximum Gasteiger partial charge on any atom is 0.307 e. The van der Waals surface area contributed by atoms with Crippen LogP contribution in [0.15, 0.2) is 12.2 Å². The minimum Gasteiger partial charge on any atom is -0.481 e. The van der Waals surface area contributed by atoms with Gasteiger partial charge in [0.25, 0.3) is 5.91 Å². The highest BCUT2D eigenvalue weighted by Crippen LogP contribution is 2.49. The van der Waals surface area contributed by atoms with Crippen LogP contribution in [0.3, 0.4) is 0 Å². The molecule has 0 spiro atoms. The molecule has 6 nitrogen and oxygen atoms in total. The molecule has 2 amide bonds. The van der Waals surface area contributed by atoms with Crippen LogP contribution in [0.5, 0.6) is 0 Å². The summed E-state index contributed by atoms with van der Waals surface area (Å²) in [5.41, 5.74) is 1.52. The second kappa shape index (κ2) is 7.94. The molecule has 3 N–H and O–H groups in total. The zero-order valence-electron chi connectivity index (χ0n) is 16.9. The largest absolute Gasteiger partial charge is 0.481 e. The molecule has 7 heteroatoms. The number of aliphatic carboxylic acids is 1. The Bertz CT molecular complexity index is 868. The summed E-state index contributed by atoms with van der Waals surface area (Å²) in [5.74, 6) is -2.71. The molecule has 0 unspecified atom stereocenters. The first-order valence-corrected chi connectivity index (χ1v) is 11.4. The molecular formula is C22H28N2O4S. The Morgan fingerprint density at radius 1 is 1.14 bits per heavy atom. The lowest BCUT2D eigenvalue weighted by molar-refractivity contribution is -0.146. The van der Waals surface area contributed by atoms with Crippen LogP contribution in [0.4, 0.5) is 5.00 Å². The molecule has 3 aliphatic carbocycles. The van der Waals surface area contributed by atoms with Crippen LogP contribution in [0.2, 0.25) is 0 Å². The van der Waals surface area contributed by atoms with Gasteiger partial charge in [-0.3, -0.25) is 14.4 Å². The topological polar surface area (TPSA) is 95.5 Å². The zero-order valence-corrected chi connectivity index (χ0v) is 17.7. The number of nitrogens with one attached hydrogen (secondary N) is 2. The molecule has 29 heavy (non-hydrogen) atoms. The molecule has 2 saturated carbocycles.